The predicted octanol–water partition coefficient (Wildman–Crippen LogP) is 3.16. The molecule has 11 heteroatoms. The van der Waals surface area contributed by atoms with Crippen LogP contribution in [0.2, 0.25) is 0 Å². The Labute approximate surface area is 170 Å². The van der Waals surface area contributed by atoms with Crippen LogP contribution in [0.1, 0.15) is 47.4 Å². The lowest BCUT2D eigenvalue weighted by Gasteiger charge is -2.32. The van der Waals surface area contributed by atoms with Gasteiger partial charge in [-0.3, -0.25) is 4.79 Å². The number of hydrogen-bond donors (Lipinski definition) is 0. The molecule has 1 saturated heterocycles. The highest BCUT2D eigenvalue weighted by molar-refractivity contribution is 5.82. The number of piperidine rings is 1. The number of pyridine rings is 1. The van der Waals surface area contributed by atoms with Crippen molar-refractivity contribution < 1.29 is 22.5 Å². The lowest BCUT2D eigenvalue weighted by Crippen LogP contribution is -2.41. The fraction of sp³-hybridized carbons (Fsp3) is 0.526. The largest absolute Gasteiger partial charge is 0.417 e. The zero-order valence-corrected chi connectivity index (χ0v) is 16.8. The van der Waals surface area contributed by atoms with Gasteiger partial charge in [0.25, 0.3) is 5.71 Å². The maximum atomic E-state index is 13.6. The Balaban J connectivity index is 1.61. The third-order valence-corrected chi connectivity index (χ3v) is 5.31. The maximum Gasteiger partial charge on any atom is 0.417 e. The monoisotopic (exact) mass is 422 g/mol. The Kier molecular flexibility index (Phi) is 4.99. The van der Waals surface area contributed by atoms with Crippen molar-refractivity contribution in [1.29, 1.82) is 0 Å². The van der Waals surface area contributed by atoms with Gasteiger partial charge in [0.05, 0.1) is 16.6 Å². The molecule has 160 valence electrons. The molecule has 4 rings (SSSR count). The second-order valence-corrected chi connectivity index (χ2v) is 7.60. The van der Waals surface area contributed by atoms with E-state index in [4.69, 9.17) is 4.52 Å². The van der Waals surface area contributed by atoms with E-state index in [1.165, 1.54) is 11.6 Å². The molecule has 0 saturated carbocycles. The van der Waals surface area contributed by atoms with E-state index in [1.807, 2.05) is 0 Å². The van der Waals surface area contributed by atoms with Crippen LogP contribution < -0.4 is 0 Å². The summed E-state index contributed by atoms with van der Waals surface area (Å²) < 4.78 is 47.6. The first-order chi connectivity index (χ1) is 14.1. The smallest absolute Gasteiger partial charge is 0.340 e. The average molecular weight is 422 g/mol. The molecule has 0 aromatic carbocycles. The van der Waals surface area contributed by atoms with E-state index < -0.39 is 11.7 Å². The lowest BCUT2D eigenvalue weighted by molar-refractivity contribution is -0.136. The van der Waals surface area contributed by atoms with Crippen molar-refractivity contribution in [2.24, 2.45) is 0 Å². The van der Waals surface area contributed by atoms with E-state index in [1.54, 1.807) is 18.7 Å². The molecule has 1 aliphatic rings. The summed E-state index contributed by atoms with van der Waals surface area (Å²) in [4.78, 5) is 22.7. The first-order valence-electron chi connectivity index (χ1n) is 9.63. The Bertz CT molecular complexity index is 1100. The molecule has 4 heterocycles. The quantitative estimate of drug-likeness (QED) is 0.644. The fourth-order valence-corrected chi connectivity index (χ4v) is 3.96. The van der Waals surface area contributed by atoms with Gasteiger partial charge in [0.15, 0.2) is 0 Å². The van der Waals surface area contributed by atoms with E-state index >= 15 is 0 Å². The second kappa shape index (κ2) is 7.37. The zero-order chi connectivity index (χ0) is 21.6. The van der Waals surface area contributed by atoms with Crippen molar-refractivity contribution in [3.63, 3.8) is 0 Å². The SMILES string of the molecule is Cc1cc(C(F)(F)F)c2c([C@@H]3CCCN(C(=O)Cn4nc(C)nc4C)C3)noc2n1. The van der Waals surface area contributed by atoms with Crippen molar-refractivity contribution in [1.82, 2.24) is 29.8 Å². The molecule has 1 aliphatic heterocycles. The molecular weight excluding hydrogens is 401 g/mol. The van der Waals surface area contributed by atoms with Crippen molar-refractivity contribution >= 4 is 17.0 Å². The van der Waals surface area contributed by atoms with Crippen molar-refractivity contribution in [2.45, 2.75) is 52.3 Å². The number of hydrogen-bond acceptors (Lipinski definition) is 6. The number of fused-ring (bicyclic) bond motifs is 1. The minimum absolute atomic E-state index is 0.0352. The van der Waals surface area contributed by atoms with Crippen LogP contribution in [0.4, 0.5) is 13.2 Å². The molecule has 3 aromatic rings. The minimum Gasteiger partial charge on any atom is -0.340 e. The minimum atomic E-state index is -4.56. The number of amides is 1. The first-order valence-corrected chi connectivity index (χ1v) is 9.63. The Morgan fingerprint density at radius 3 is 2.70 bits per heavy atom. The van der Waals surface area contributed by atoms with Gasteiger partial charge in [-0.05, 0) is 39.7 Å². The van der Waals surface area contributed by atoms with E-state index in [9.17, 15) is 18.0 Å². The summed E-state index contributed by atoms with van der Waals surface area (Å²) in [6, 6.07) is 1.00. The van der Waals surface area contributed by atoms with Crippen LogP contribution in [0, 0.1) is 20.8 Å². The molecule has 8 nitrogen and oxygen atoms in total. The molecular formula is C19H21F3N6O2. The van der Waals surface area contributed by atoms with E-state index in [0.29, 0.717) is 31.0 Å². The summed E-state index contributed by atoms with van der Waals surface area (Å²) in [7, 11) is 0. The van der Waals surface area contributed by atoms with Crippen LogP contribution in [0.15, 0.2) is 10.6 Å². The number of alkyl halides is 3. The van der Waals surface area contributed by atoms with Crippen LogP contribution in [0.25, 0.3) is 11.1 Å². The van der Waals surface area contributed by atoms with Crippen LogP contribution in [0.3, 0.4) is 0 Å². The van der Waals surface area contributed by atoms with E-state index in [-0.39, 0.29) is 47.4 Å². The fourth-order valence-electron chi connectivity index (χ4n) is 3.96. The van der Waals surface area contributed by atoms with Crippen LogP contribution in [-0.2, 0) is 17.5 Å². The van der Waals surface area contributed by atoms with E-state index in [2.05, 4.69) is 20.2 Å². The number of nitrogens with zero attached hydrogens (tertiary/aromatic N) is 6. The molecule has 0 bridgehead atoms. The van der Waals surface area contributed by atoms with Crippen LogP contribution in [0.5, 0.6) is 0 Å². The molecule has 30 heavy (non-hydrogen) atoms. The standard InChI is InChI=1S/C19H21F3N6O2/c1-10-7-14(19(20,21)22)16-17(26-30-18(16)23-10)13-5-4-6-27(8-13)15(29)9-28-12(3)24-11(2)25-28/h7,13H,4-6,8-9H2,1-3H3/t13-/m1/s1. The third-order valence-electron chi connectivity index (χ3n) is 5.31. The highest BCUT2D eigenvalue weighted by Crippen LogP contribution is 2.40. The van der Waals surface area contributed by atoms with Crippen molar-refractivity contribution in [3.8, 4) is 0 Å². The first kappa shape index (κ1) is 20.3. The number of carbonyl (C=O) groups is 1. The third kappa shape index (κ3) is 3.75. The number of likely N-dealkylation sites (tertiary alicyclic amines) is 1. The molecule has 1 fully saturated rings. The van der Waals surface area contributed by atoms with Gasteiger partial charge < -0.3 is 9.42 Å². The van der Waals surface area contributed by atoms with Crippen molar-refractivity contribution in [2.75, 3.05) is 13.1 Å². The van der Waals surface area contributed by atoms with Gasteiger partial charge in [-0.15, -0.1) is 0 Å². The zero-order valence-electron chi connectivity index (χ0n) is 16.8. The number of carbonyl (C=O) groups excluding carboxylic acids is 1. The van der Waals surface area contributed by atoms with Gasteiger partial charge in [-0.2, -0.15) is 18.3 Å². The summed E-state index contributed by atoms with van der Waals surface area (Å²) in [5, 5.41) is 8.01. The number of halogens is 3. The molecule has 0 unspecified atom stereocenters. The topological polar surface area (TPSA) is 89.9 Å². The Hall–Kier alpha value is -2.98. The molecule has 1 atom stereocenters. The summed E-state index contributed by atoms with van der Waals surface area (Å²) in [6.45, 7) is 5.81. The Morgan fingerprint density at radius 2 is 2.03 bits per heavy atom. The van der Waals surface area contributed by atoms with Gasteiger partial charge >= 0.3 is 6.18 Å². The average Bonchev–Trinajstić information content (AvgIpc) is 3.22. The normalized spacial score (nSPS) is 17.7. The molecule has 0 N–H and O–H groups in total. The summed E-state index contributed by atoms with van der Waals surface area (Å²) in [6.07, 6.45) is -3.29. The predicted molar refractivity (Wildman–Crippen MR) is 99.6 cm³/mol. The van der Waals surface area contributed by atoms with Gasteiger partial charge in [0.1, 0.15) is 18.2 Å². The van der Waals surface area contributed by atoms with E-state index in [0.717, 1.165) is 6.07 Å². The number of aromatic nitrogens is 5. The van der Waals surface area contributed by atoms with Crippen LogP contribution in [-0.4, -0.2) is 48.8 Å². The van der Waals surface area contributed by atoms with Crippen molar-refractivity contribution in [3.05, 3.63) is 34.7 Å². The summed E-state index contributed by atoms with van der Waals surface area (Å²) >= 11 is 0. The maximum absolute atomic E-state index is 13.6. The van der Waals surface area contributed by atoms with Gasteiger partial charge in [-0.1, -0.05) is 5.16 Å². The molecule has 0 radical (unpaired) electrons. The summed E-state index contributed by atoms with van der Waals surface area (Å²) in [5.74, 6) is 0.681. The molecule has 0 spiro atoms. The Morgan fingerprint density at radius 1 is 1.27 bits per heavy atom. The molecule has 3 aromatic heterocycles. The van der Waals surface area contributed by atoms with Gasteiger partial charge in [-0.25, -0.2) is 14.6 Å². The van der Waals surface area contributed by atoms with Gasteiger partial charge in [0.2, 0.25) is 5.91 Å². The molecule has 0 aliphatic carbocycles. The summed E-state index contributed by atoms with van der Waals surface area (Å²) in [5.41, 5.74) is -0.528. The van der Waals surface area contributed by atoms with Gasteiger partial charge in [0, 0.05) is 24.7 Å². The number of aryl methyl sites for hydroxylation is 3. The second-order valence-electron chi connectivity index (χ2n) is 7.60. The lowest BCUT2D eigenvalue weighted by atomic mass is 9.91. The highest BCUT2D eigenvalue weighted by atomic mass is 19.4. The molecule has 1 amide bonds. The highest BCUT2D eigenvalue weighted by Gasteiger charge is 2.38. The number of rotatable bonds is 3. The van der Waals surface area contributed by atoms with Crippen LogP contribution >= 0.6 is 0 Å².